The fraction of sp³-hybridized carbons (Fsp3) is 0.385. The van der Waals surface area contributed by atoms with Gasteiger partial charge in [-0.05, 0) is 18.9 Å². The smallest absolute Gasteiger partial charge is 0.243 e. The minimum absolute atomic E-state index is 0.282. The summed E-state index contributed by atoms with van der Waals surface area (Å²) in [5.74, 6) is 0.990. The van der Waals surface area contributed by atoms with Crippen LogP contribution in [0.4, 0.5) is 0 Å². The molecular formula is C13H17N3O2. The number of rotatable bonds is 6. The Morgan fingerprint density at radius 2 is 2.11 bits per heavy atom. The summed E-state index contributed by atoms with van der Waals surface area (Å²) in [5.41, 5.74) is 7.18. The van der Waals surface area contributed by atoms with Gasteiger partial charge in [-0.1, -0.05) is 35.5 Å². The van der Waals surface area contributed by atoms with E-state index < -0.39 is 0 Å². The molecule has 1 heterocycles. The minimum atomic E-state index is -0.282. The summed E-state index contributed by atoms with van der Waals surface area (Å²) < 4.78 is 10.3. The predicted molar refractivity (Wildman–Crippen MR) is 66.7 cm³/mol. The summed E-state index contributed by atoms with van der Waals surface area (Å²) in [4.78, 5) is 4.22. The van der Waals surface area contributed by atoms with Crippen LogP contribution in [-0.4, -0.2) is 16.7 Å². The standard InChI is InChI=1S/C13H17N3O2/c1-2-17-9-12-15-13(18-16-12)11(14)8-10-6-4-3-5-7-10/h3-7,11H,2,8-9,14H2,1H3/t11-/m1/s1. The van der Waals surface area contributed by atoms with Crippen LogP contribution in [0.5, 0.6) is 0 Å². The largest absolute Gasteiger partial charge is 0.374 e. The fourth-order valence-electron chi connectivity index (χ4n) is 1.63. The number of nitrogens with zero attached hydrogens (tertiary/aromatic N) is 2. The van der Waals surface area contributed by atoms with Crippen molar-refractivity contribution >= 4 is 0 Å². The molecule has 0 aliphatic carbocycles. The molecule has 5 nitrogen and oxygen atoms in total. The second-order valence-electron chi connectivity index (χ2n) is 3.98. The van der Waals surface area contributed by atoms with Gasteiger partial charge in [-0.25, -0.2) is 0 Å². The molecule has 1 aromatic heterocycles. The second kappa shape index (κ2) is 6.28. The van der Waals surface area contributed by atoms with Gasteiger partial charge in [-0.2, -0.15) is 4.98 Å². The molecule has 0 saturated heterocycles. The van der Waals surface area contributed by atoms with E-state index in [4.69, 9.17) is 15.0 Å². The zero-order valence-electron chi connectivity index (χ0n) is 10.4. The highest BCUT2D eigenvalue weighted by molar-refractivity contribution is 5.16. The van der Waals surface area contributed by atoms with Crippen LogP contribution in [0, 0.1) is 0 Å². The van der Waals surface area contributed by atoms with Gasteiger partial charge in [0.05, 0.1) is 6.04 Å². The van der Waals surface area contributed by atoms with Crippen molar-refractivity contribution in [3.05, 3.63) is 47.6 Å². The first-order chi connectivity index (χ1) is 8.79. The quantitative estimate of drug-likeness (QED) is 0.843. The molecule has 0 bridgehead atoms. The van der Waals surface area contributed by atoms with Gasteiger partial charge in [0.2, 0.25) is 5.89 Å². The zero-order chi connectivity index (χ0) is 12.8. The lowest BCUT2D eigenvalue weighted by molar-refractivity contribution is 0.126. The van der Waals surface area contributed by atoms with E-state index in [0.717, 1.165) is 5.56 Å². The molecule has 0 fully saturated rings. The molecule has 0 spiro atoms. The first-order valence-electron chi connectivity index (χ1n) is 5.99. The summed E-state index contributed by atoms with van der Waals surface area (Å²) in [6, 6.07) is 9.71. The lowest BCUT2D eigenvalue weighted by atomic mass is 10.1. The Balaban J connectivity index is 1.96. The molecule has 1 atom stereocenters. The third-order valence-corrected chi connectivity index (χ3v) is 2.53. The van der Waals surface area contributed by atoms with E-state index >= 15 is 0 Å². The van der Waals surface area contributed by atoms with Crippen molar-refractivity contribution in [3.8, 4) is 0 Å². The molecule has 1 aromatic carbocycles. The van der Waals surface area contributed by atoms with Crippen LogP contribution in [0.15, 0.2) is 34.9 Å². The third-order valence-electron chi connectivity index (χ3n) is 2.53. The maximum atomic E-state index is 6.03. The molecule has 0 amide bonds. The number of nitrogens with two attached hydrogens (primary N) is 1. The van der Waals surface area contributed by atoms with Gasteiger partial charge in [0.1, 0.15) is 6.61 Å². The molecule has 0 aliphatic rings. The van der Waals surface area contributed by atoms with Gasteiger partial charge in [-0.3, -0.25) is 0 Å². The van der Waals surface area contributed by atoms with Crippen molar-refractivity contribution < 1.29 is 9.26 Å². The summed E-state index contributed by atoms with van der Waals surface area (Å²) in [5, 5.41) is 3.83. The lowest BCUT2D eigenvalue weighted by Crippen LogP contribution is -2.13. The Labute approximate surface area is 106 Å². The molecule has 0 aliphatic heterocycles. The van der Waals surface area contributed by atoms with Crippen molar-refractivity contribution in [3.63, 3.8) is 0 Å². The number of ether oxygens (including phenoxy) is 1. The van der Waals surface area contributed by atoms with Crippen molar-refractivity contribution in [1.29, 1.82) is 0 Å². The van der Waals surface area contributed by atoms with E-state index in [0.29, 0.717) is 31.3 Å². The average molecular weight is 247 g/mol. The highest BCUT2D eigenvalue weighted by atomic mass is 16.5. The molecule has 0 radical (unpaired) electrons. The molecule has 0 saturated carbocycles. The molecule has 18 heavy (non-hydrogen) atoms. The molecule has 2 N–H and O–H groups in total. The van der Waals surface area contributed by atoms with Crippen molar-refractivity contribution in [1.82, 2.24) is 10.1 Å². The van der Waals surface area contributed by atoms with Gasteiger partial charge in [0.15, 0.2) is 5.82 Å². The van der Waals surface area contributed by atoms with Crippen LogP contribution in [-0.2, 0) is 17.8 Å². The van der Waals surface area contributed by atoms with Crippen molar-refractivity contribution in [2.24, 2.45) is 5.73 Å². The predicted octanol–water partition coefficient (Wildman–Crippen LogP) is 1.85. The van der Waals surface area contributed by atoms with Crippen molar-refractivity contribution in [2.45, 2.75) is 26.0 Å². The fourth-order valence-corrected chi connectivity index (χ4v) is 1.63. The monoisotopic (exact) mass is 247 g/mol. The maximum absolute atomic E-state index is 6.03. The van der Waals surface area contributed by atoms with Crippen LogP contribution in [0.1, 0.15) is 30.2 Å². The summed E-state index contributed by atoms with van der Waals surface area (Å²) in [7, 11) is 0. The highest BCUT2D eigenvalue weighted by Crippen LogP contribution is 2.14. The van der Waals surface area contributed by atoms with Crippen LogP contribution < -0.4 is 5.73 Å². The van der Waals surface area contributed by atoms with Gasteiger partial charge >= 0.3 is 0 Å². The normalized spacial score (nSPS) is 12.6. The number of benzene rings is 1. The molecular weight excluding hydrogens is 230 g/mol. The Bertz CT molecular complexity index is 470. The van der Waals surface area contributed by atoms with E-state index in [2.05, 4.69) is 10.1 Å². The van der Waals surface area contributed by atoms with Crippen LogP contribution in [0.25, 0.3) is 0 Å². The molecule has 2 rings (SSSR count). The molecule has 2 aromatic rings. The highest BCUT2D eigenvalue weighted by Gasteiger charge is 2.15. The van der Waals surface area contributed by atoms with E-state index in [9.17, 15) is 0 Å². The summed E-state index contributed by atoms with van der Waals surface area (Å²) in [6.07, 6.45) is 0.678. The SMILES string of the molecule is CCOCc1noc([C@H](N)Cc2ccccc2)n1. The topological polar surface area (TPSA) is 74.2 Å². The number of aromatic nitrogens is 2. The van der Waals surface area contributed by atoms with Crippen LogP contribution >= 0.6 is 0 Å². The molecule has 0 unspecified atom stereocenters. The first-order valence-corrected chi connectivity index (χ1v) is 5.99. The second-order valence-corrected chi connectivity index (χ2v) is 3.98. The Morgan fingerprint density at radius 3 is 2.83 bits per heavy atom. The number of hydrogen-bond donors (Lipinski definition) is 1. The molecule has 5 heteroatoms. The van der Waals surface area contributed by atoms with Gasteiger partial charge < -0.3 is 15.0 Å². The van der Waals surface area contributed by atoms with Gasteiger partial charge in [0, 0.05) is 6.61 Å². The van der Waals surface area contributed by atoms with E-state index in [-0.39, 0.29) is 6.04 Å². The first kappa shape index (κ1) is 12.7. The van der Waals surface area contributed by atoms with Gasteiger partial charge in [-0.15, -0.1) is 0 Å². The molecule has 96 valence electrons. The number of hydrogen-bond acceptors (Lipinski definition) is 5. The van der Waals surface area contributed by atoms with E-state index in [1.165, 1.54) is 0 Å². The third kappa shape index (κ3) is 3.38. The van der Waals surface area contributed by atoms with Crippen LogP contribution in [0.3, 0.4) is 0 Å². The Kier molecular flexibility index (Phi) is 4.44. The minimum Gasteiger partial charge on any atom is -0.374 e. The Morgan fingerprint density at radius 1 is 1.33 bits per heavy atom. The summed E-state index contributed by atoms with van der Waals surface area (Å²) in [6.45, 7) is 2.90. The van der Waals surface area contributed by atoms with Gasteiger partial charge in [0.25, 0.3) is 0 Å². The lowest BCUT2D eigenvalue weighted by Gasteiger charge is -2.05. The zero-order valence-corrected chi connectivity index (χ0v) is 10.4. The van der Waals surface area contributed by atoms with Crippen molar-refractivity contribution in [2.75, 3.05) is 6.61 Å². The Hall–Kier alpha value is -1.72. The summed E-state index contributed by atoms with van der Waals surface area (Å²) >= 11 is 0. The van der Waals surface area contributed by atoms with E-state index in [1.54, 1.807) is 0 Å². The maximum Gasteiger partial charge on any atom is 0.243 e. The van der Waals surface area contributed by atoms with E-state index in [1.807, 2.05) is 37.3 Å². The average Bonchev–Trinajstić information content (AvgIpc) is 2.86. The van der Waals surface area contributed by atoms with Crippen LogP contribution in [0.2, 0.25) is 0 Å².